The van der Waals surface area contributed by atoms with Crippen molar-refractivity contribution >= 4 is 24.2 Å². The fourth-order valence-electron chi connectivity index (χ4n) is 3.18. The van der Waals surface area contributed by atoms with E-state index >= 15 is 0 Å². The number of rotatable bonds is 13. The van der Waals surface area contributed by atoms with E-state index in [-0.39, 0.29) is 24.0 Å². The Balaban J connectivity index is 2.08. The summed E-state index contributed by atoms with van der Waals surface area (Å²) in [6.07, 6.45) is -3.10. The third kappa shape index (κ3) is 11.1. The first kappa shape index (κ1) is 33.1. The number of ether oxygens (including phenoxy) is 6. The Morgan fingerprint density at radius 3 is 1.80 bits per heavy atom. The molecule has 0 fully saturated rings. The second-order valence-electron chi connectivity index (χ2n) is 9.59. The minimum Gasteiger partial charge on any atom is -0.458 e. The van der Waals surface area contributed by atoms with Gasteiger partial charge in [-0.25, -0.2) is 14.4 Å². The standard InChI is InChI=1S/C30H39NO10/c1-7-18(3)36-29(34)40-25-15-14-22(17-26(25)41-30(35)37-19(4)8-2)16-24(31)28(33)39-21(6)20(5)38-27(32)23-12-10-9-11-13-23/h9-15,17-21,24H,7-8,16,31H2,1-6H3/t18?,19?,20-,21-,24-/m0/s1. The summed E-state index contributed by atoms with van der Waals surface area (Å²) in [4.78, 5) is 49.5. The average molecular weight is 574 g/mol. The van der Waals surface area contributed by atoms with Crippen LogP contribution in [0.2, 0.25) is 0 Å². The highest BCUT2D eigenvalue weighted by molar-refractivity contribution is 5.89. The van der Waals surface area contributed by atoms with Gasteiger partial charge >= 0.3 is 24.2 Å². The third-order valence-electron chi connectivity index (χ3n) is 6.16. The predicted octanol–water partition coefficient (Wildman–Crippen LogP) is 5.36. The Labute approximate surface area is 240 Å². The lowest BCUT2D eigenvalue weighted by molar-refractivity contribution is -0.154. The van der Waals surface area contributed by atoms with Gasteiger partial charge in [-0.3, -0.25) is 4.79 Å². The molecule has 0 aliphatic heterocycles. The van der Waals surface area contributed by atoms with E-state index in [4.69, 9.17) is 34.2 Å². The molecule has 224 valence electrons. The first-order valence-electron chi connectivity index (χ1n) is 13.5. The molecule has 0 aliphatic rings. The molecule has 0 saturated heterocycles. The van der Waals surface area contributed by atoms with Gasteiger partial charge in [0, 0.05) is 0 Å². The van der Waals surface area contributed by atoms with E-state index in [2.05, 4.69) is 0 Å². The molecule has 0 aromatic heterocycles. The minimum absolute atomic E-state index is 0.00188. The summed E-state index contributed by atoms with van der Waals surface area (Å²) in [6.45, 7) is 10.3. The van der Waals surface area contributed by atoms with Crippen LogP contribution in [0, 0.1) is 0 Å². The predicted molar refractivity (Wildman–Crippen MR) is 149 cm³/mol. The van der Waals surface area contributed by atoms with Crippen LogP contribution in [0.5, 0.6) is 11.5 Å². The maximum absolute atomic E-state index is 12.7. The fourth-order valence-corrected chi connectivity index (χ4v) is 3.18. The first-order valence-corrected chi connectivity index (χ1v) is 13.5. The highest BCUT2D eigenvalue weighted by Gasteiger charge is 2.26. The van der Waals surface area contributed by atoms with Crippen molar-refractivity contribution in [1.82, 2.24) is 0 Å². The van der Waals surface area contributed by atoms with Crippen LogP contribution in [0.3, 0.4) is 0 Å². The number of hydrogen-bond acceptors (Lipinski definition) is 11. The number of esters is 2. The van der Waals surface area contributed by atoms with Gasteiger partial charge in [0.25, 0.3) is 0 Å². The van der Waals surface area contributed by atoms with Crippen molar-refractivity contribution in [2.24, 2.45) is 5.73 Å². The van der Waals surface area contributed by atoms with Crippen molar-refractivity contribution in [3.8, 4) is 11.5 Å². The molecule has 11 heteroatoms. The monoisotopic (exact) mass is 573 g/mol. The average Bonchev–Trinajstić information content (AvgIpc) is 2.94. The van der Waals surface area contributed by atoms with Gasteiger partial charge < -0.3 is 34.2 Å². The Kier molecular flexibility index (Phi) is 13.1. The first-order chi connectivity index (χ1) is 19.4. The van der Waals surface area contributed by atoms with Crippen molar-refractivity contribution in [2.45, 2.75) is 91.3 Å². The van der Waals surface area contributed by atoms with Crippen LogP contribution in [0.25, 0.3) is 0 Å². The summed E-state index contributed by atoms with van der Waals surface area (Å²) in [7, 11) is 0. The number of hydrogen-bond donors (Lipinski definition) is 1. The van der Waals surface area contributed by atoms with E-state index in [1.807, 2.05) is 13.8 Å². The molecule has 2 aromatic carbocycles. The number of benzene rings is 2. The zero-order chi connectivity index (χ0) is 30.5. The zero-order valence-electron chi connectivity index (χ0n) is 24.3. The molecule has 41 heavy (non-hydrogen) atoms. The zero-order valence-corrected chi connectivity index (χ0v) is 24.3. The molecule has 11 nitrogen and oxygen atoms in total. The van der Waals surface area contributed by atoms with E-state index < -0.39 is 48.6 Å². The highest BCUT2D eigenvalue weighted by atomic mass is 16.7. The van der Waals surface area contributed by atoms with Crippen molar-refractivity contribution in [3.63, 3.8) is 0 Å². The van der Waals surface area contributed by atoms with Gasteiger partial charge in [-0.05, 0) is 76.8 Å². The Bertz CT molecular complexity index is 1170. The molecule has 2 rings (SSSR count). The van der Waals surface area contributed by atoms with Gasteiger partial charge in [-0.1, -0.05) is 38.1 Å². The highest BCUT2D eigenvalue weighted by Crippen LogP contribution is 2.30. The molecule has 0 saturated carbocycles. The van der Waals surface area contributed by atoms with Crippen molar-refractivity contribution in [1.29, 1.82) is 0 Å². The molecule has 2 N–H and O–H groups in total. The summed E-state index contributed by atoms with van der Waals surface area (Å²) >= 11 is 0. The lowest BCUT2D eigenvalue weighted by Gasteiger charge is -2.22. The van der Waals surface area contributed by atoms with E-state index in [0.29, 0.717) is 24.0 Å². The smallest absolute Gasteiger partial charge is 0.458 e. The molecular formula is C30H39NO10. The lowest BCUT2D eigenvalue weighted by atomic mass is 10.1. The Morgan fingerprint density at radius 2 is 1.24 bits per heavy atom. The van der Waals surface area contributed by atoms with Crippen LogP contribution in [-0.2, 0) is 30.2 Å². The topological polar surface area (TPSA) is 150 Å². The van der Waals surface area contributed by atoms with Gasteiger partial charge in [0.15, 0.2) is 11.5 Å². The van der Waals surface area contributed by atoms with Crippen LogP contribution in [0.15, 0.2) is 48.5 Å². The molecule has 2 unspecified atom stereocenters. The van der Waals surface area contributed by atoms with Gasteiger partial charge in [-0.2, -0.15) is 0 Å². The van der Waals surface area contributed by atoms with E-state index in [9.17, 15) is 19.2 Å². The molecule has 0 spiro atoms. The number of nitrogens with two attached hydrogens (primary N) is 1. The largest absolute Gasteiger partial charge is 0.514 e. The van der Waals surface area contributed by atoms with Gasteiger partial charge in [-0.15, -0.1) is 0 Å². The summed E-state index contributed by atoms with van der Waals surface area (Å²) in [5.74, 6) is -1.47. The van der Waals surface area contributed by atoms with Crippen LogP contribution >= 0.6 is 0 Å². The lowest BCUT2D eigenvalue weighted by Crippen LogP contribution is -2.39. The molecule has 0 radical (unpaired) electrons. The molecular weight excluding hydrogens is 534 g/mol. The summed E-state index contributed by atoms with van der Waals surface area (Å²) in [5.41, 5.74) is 6.96. The quantitative estimate of drug-likeness (QED) is 0.187. The molecule has 0 amide bonds. The molecule has 0 bridgehead atoms. The summed E-state index contributed by atoms with van der Waals surface area (Å²) < 4.78 is 31.7. The minimum atomic E-state index is -1.10. The van der Waals surface area contributed by atoms with E-state index in [1.54, 1.807) is 64.1 Å². The Morgan fingerprint density at radius 1 is 0.707 bits per heavy atom. The van der Waals surface area contributed by atoms with Crippen LogP contribution in [-0.4, -0.2) is 54.7 Å². The van der Waals surface area contributed by atoms with E-state index in [1.165, 1.54) is 12.1 Å². The fraction of sp³-hybridized carbons (Fsp3) is 0.467. The maximum atomic E-state index is 12.7. The second kappa shape index (κ2) is 16.2. The SMILES string of the molecule is CCC(C)OC(=O)Oc1ccc(C[C@H](N)C(=O)O[C@@H](C)[C@H](C)OC(=O)c2ccccc2)cc1OC(=O)OC(C)CC. The van der Waals surface area contributed by atoms with Crippen molar-refractivity contribution in [3.05, 3.63) is 59.7 Å². The summed E-state index contributed by atoms with van der Waals surface area (Å²) in [6, 6.07) is 11.7. The van der Waals surface area contributed by atoms with Crippen molar-refractivity contribution < 1.29 is 47.6 Å². The van der Waals surface area contributed by atoms with Gasteiger partial charge in [0.1, 0.15) is 30.5 Å². The maximum Gasteiger partial charge on any atom is 0.514 e. The number of carbonyl (C=O) groups is 4. The molecule has 0 aliphatic carbocycles. The molecule has 2 aromatic rings. The molecule has 5 atom stereocenters. The normalized spacial score (nSPS) is 14.4. The van der Waals surface area contributed by atoms with Gasteiger partial charge in [0.05, 0.1) is 5.56 Å². The van der Waals surface area contributed by atoms with Crippen LogP contribution in [0.1, 0.15) is 70.3 Å². The van der Waals surface area contributed by atoms with Crippen molar-refractivity contribution in [2.75, 3.05) is 0 Å². The number of carbonyl (C=O) groups excluding carboxylic acids is 4. The second-order valence-corrected chi connectivity index (χ2v) is 9.59. The Hall–Kier alpha value is -4.12. The summed E-state index contributed by atoms with van der Waals surface area (Å²) in [5, 5.41) is 0. The van der Waals surface area contributed by atoms with E-state index in [0.717, 1.165) is 0 Å². The molecule has 0 heterocycles. The van der Waals surface area contributed by atoms with Crippen LogP contribution < -0.4 is 15.2 Å². The third-order valence-corrected chi connectivity index (χ3v) is 6.16. The van der Waals surface area contributed by atoms with Crippen LogP contribution in [0.4, 0.5) is 9.59 Å². The van der Waals surface area contributed by atoms with Gasteiger partial charge in [0.2, 0.25) is 0 Å².